The predicted octanol–water partition coefficient (Wildman–Crippen LogP) is 1.71. The van der Waals surface area contributed by atoms with Crippen LogP contribution in [0.3, 0.4) is 0 Å². The summed E-state index contributed by atoms with van der Waals surface area (Å²) in [5, 5.41) is 28.0. The third-order valence-corrected chi connectivity index (χ3v) is 9.41. The minimum atomic E-state index is -1.01. The van der Waals surface area contributed by atoms with Crippen molar-refractivity contribution in [1.82, 2.24) is 15.5 Å². The van der Waals surface area contributed by atoms with Crippen LogP contribution in [0.2, 0.25) is 0 Å². The number of aliphatic hydroxyl groups is 1. The summed E-state index contributed by atoms with van der Waals surface area (Å²) in [6.07, 6.45) is 2.86. The van der Waals surface area contributed by atoms with Crippen molar-refractivity contribution in [3.05, 3.63) is 65.2 Å². The van der Waals surface area contributed by atoms with Crippen LogP contribution in [0.25, 0.3) is 0 Å². The van der Waals surface area contributed by atoms with Gasteiger partial charge in [-0.25, -0.2) is 4.79 Å². The largest absolute Gasteiger partial charge is 0.508 e. The van der Waals surface area contributed by atoms with E-state index in [1.165, 1.54) is 11.1 Å². The number of carbonyl (C=O) groups is 2. The maximum atomic E-state index is 12.9. The number of aromatic hydroxyl groups is 1. The third-order valence-electron chi connectivity index (χ3n) is 9.41. The van der Waals surface area contributed by atoms with E-state index in [0.29, 0.717) is 19.3 Å². The lowest BCUT2D eigenvalue weighted by atomic mass is 9.52. The van der Waals surface area contributed by atoms with Crippen molar-refractivity contribution in [2.24, 2.45) is 0 Å². The van der Waals surface area contributed by atoms with Crippen LogP contribution >= 0.6 is 0 Å². The van der Waals surface area contributed by atoms with Crippen molar-refractivity contribution >= 4 is 11.9 Å². The number of benzene rings is 2. The van der Waals surface area contributed by atoms with Crippen LogP contribution in [-0.2, 0) is 22.0 Å². The summed E-state index contributed by atoms with van der Waals surface area (Å²) in [6.45, 7) is 1.72. The fourth-order valence-electron chi connectivity index (χ4n) is 8.31. The summed E-state index contributed by atoms with van der Waals surface area (Å²) < 4.78 is 0. The number of nitrogens with zero attached hydrogens (tertiary/aromatic N) is 1. The summed E-state index contributed by atoms with van der Waals surface area (Å²) in [4.78, 5) is 27.3. The van der Waals surface area contributed by atoms with Crippen molar-refractivity contribution in [2.75, 3.05) is 13.1 Å². The number of amides is 3. The Hall–Kier alpha value is -2.90. The number of fused-ring (bicyclic) bond motifs is 2. The van der Waals surface area contributed by atoms with Gasteiger partial charge in [0.15, 0.2) is 0 Å². The lowest BCUT2D eigenvalue weighted by Gasteiger charge is -2.63. The van der Waals surface area contributed by atoms with Crippen LogP contribution in [0.5, 0.6) is 5.75 Å². The van der Waals surface area contributed by atoms with E-state index in [2.05, 4.69) is 39.8 Å². The normalized spacial score (nSPS) is 40.1. The Morgan fingerprint density at radius 1 is 1.03 bits per heavy atom. The molecule has 2 saturated carbocycles. The van der Waals surface area contributed by atoms with Crippen molar-refractivity contribution in [2.45, 2.75) is 60.1 Å². The first-order valence-electron chi connectivity index (χ1n) is 11.8. The summed E-state index contributed by atoms with van der Waals surface area (Å²) in [5.41, 5.74) is 0.545. The topological polar surface area (TPSA) is 102 Å². The Bertz CT molecular complexity index is 1220. The molecule has 5 aliphatic rings. The summed E-state index contributed by atoms with van der Waals surface area (Å²) in [5.74, 6) is -0.127. The molecule has 0 aromatic heterocycles. The van der Waals surface area contributed by atoms with Crippen LogP contribution in [0, 0.1) is 0 Å². The molecule has 3 amide bonds. The fraction of sp³-hybridized carbons (Fsp3) is 0.462. The number of nitrogens with one attached hydrogen (secondary N) is 2. The average Bonchev–Trinajstić information content (AvgIpc) is 3.28. The summed E-state index contributed by atoms with van der Waals surface area (Å²) in [7, 11) is 0. The molecule has 3 aliphatic carbocycles. The van der Waals surface area contributed by atoms with E-state index in [-0.39, 0.29) is 23.1 Å². The molecule has 2 heterocycles. The van der Waals surface area contributed by atoms with Gasteiger partial charge in [-0.1, -0.05) is 36.4 Å². The first-order valence-corrected chi connectivity index (χ1v) is 11.8. The number of phenols is 1. The van der Waals surface area contributed by atoms with Gasteiger partial charge in [-0.2, -0.15) is 0 Å². The molecular weight excluding hydrogens is 418 g/mol. The van der Waals surface area contributed by atoms with Crippen molar-refractivity contribution < 1.29 is 19.8 Å². The highest BCUT2D eigenvalue weighted by atomic mass is 16.3. The van der Waals surface area contributed by atoms with E-state index >= 15 is 0 Å². The molecule has 170 valence electrons. The van der Waals surface area contributed by atoms with Gasteiger partial charge in [0.2, 0.25) is 0 Å². The highest BCUT2D eigenvalue weighted by Crippen LogP contribution is 2.74. The summed E-state index contributed by atoms with van der Waals surface area (Å²) >= 11 is 0. The molecule has 7 heteroatoms. The molecule has 3 spiro atoms. The second kappa shape index (κ2) is 5.96. The predicted molar refractivity (Wildman–Crippen MR) is 120 cm³/mol. The van der Waals surface area contributed by atoms with Crippen LogP contribution < -0.4 is 10.6 Å². The molecule has 1 unspecified atom stereocenters. The molecule has 2 saturated heterocycles. The van der Waals surface area contributed by atoms with E-state index in [9.17, 15) is 19.8 Å². The molecule has 2 bridgehead atoms. The zero-order valence-corrected chi connectivity index (χ0v) is 18.3. The second-order valence-electron chi connectivity index (χ2n) is 10.8. The Morgan fingerprint density at radius 2 is 1.85 bits per heavy atom. The van der Waals surface area contributed by atoms with E-state index in [0.717, 1.165) is 31.5 Å². The molecule has 33 heavy (non-hydrogen) atoms. The Kier molecular flexibility index (Phi) is 3.53. The number of rotatable bonds is 3. The number of imide groups is 1. The average molecular weight is 446 g/mol. The zero-order chi connectivity index (χ0) is 22.6. The maximum Gasteiger partial charge on any atom is 0.322 e. The number of carbonyl (C=O) groups excluding carboxylic acids is 2. The molecule has 5 atom stereocenters. The minimum Gasteiger partial charge on any atom is -0.508 e. The van der Waals surface area contributed by atoms with Crippen LogP contribution in [0.4, 0.5) is 4.79 Å². The molecule has 7 rings (SSSR count). The van der Waals surface area contributed by atoms with Crippen molar-refractivity contribution in [1.29, 1.82) is 0 Å². The lowest BCUT2D eigenvalue weighted by Crippen LogP contribution is -2.76. The first kappa shape index (κ1) is 19.6. The van der Waals surface area contributed by atoms with Gasteiger partial charge in [0.05, 0.1) is 11.6 Å². The maximum absolute atomic E-state index is 12.9. The fourth-order valence-corrected chi connectivity index (χ4v) is 8.31. The molecule has 2 aliphatic heterocycles. The third kappa shape index (κ3) is 2.18. The van der Waals surface area contributed by atoms with Gasteiger partial charge in [0.25, 0.3) is 5.91 Å². The van der Waals surface area contributed by atoms with Gasteiger partial charge in [-0.15, -0.1) is 0 Å². The van der Waals surface area contributed by atoms with E-state index in [4.69, 9.17) is 0 Å². The molecule has 4 fully saturated rings. The minimum absolute atomic E-state index is 0.0247. The van der Waals surface area contributed by atoms with E-state index < -0.39 is 22.6 Å². The van der Waals surface area contributed by atoms with Crippen LogP contribution in [0.15, 0.2) is 48.5 Å². The number of phenolic OH excluding ortho intramolecular Hbond substituents is 1. The van der Waals surface area contributed by atoms with E-state index in [1.54, 1.807) is 12.1 Å². The SMILES string of the molecule is O=C1NC(=O)[C@@]2(CC[C@@]3(O)[C@@H]4N(CCc5ccccc5)CC45C[C@@]3(C2)c2cc(O)ccc25)N1. The van der Waals surface area contributed by atoms with Crippen molar-refractivity contribution in [3.8, 4) is 5.75 Å². The Balaban J connectivity index is 1.30. The molecule has 0 radical (unpaired) electrons. The lowest BCUT2D eigenvalue weighted by molar-refractivity contribution is -0.159. The standard InChI is InChI=1S/C26H27N3O4/c30-17-6-7-18-19(12-17)24-13-23(18)15-29(11-8-16-4-2-1-3-5-16)20(23)26(24,33)10-9-25(14-24)21(31)27-22(32)28-25/h1-7,12,20,30,33H,8-11,13-15H2,(H2,27,28,31,32)/t20-,23?,24-,25+,26-/m1/s1. The van der Waals surface area contributed by atoms with Crippen molar-refractivity contribution in [3.63, 3.8) is 0 Å². The van der Waals surface area contributed by atoms with Gasteiger partial charge in [0.1, 0.15) is 11.3 Å². The monoisotopic (exact) mass is 445 g/mol. The molecule has 2 aromatic rings. The number of likely N-dealkylation sites (tertiary alicyclic amines) is 1. The molecule has 7 nitrogen and oxygen atoms in total. The molecule has 4 N–H and O–H groups in total. The van der Waals surface area contributed by atoms with Crippen LogP contribution in [0.1, 0.15) is 42.4 Å². The highest BCUT2D eigenvalue weighted by Gasteiger charge is 2.82. The van der Waals surface area contributed by atoms with E-state index in [1.807, 2.05) is 12.1 Å². The number of hydrogen-bond acceptors (Lipinski definition) is 5. The van der Waals surface area contributed by atoms with Gasteiger partial charge < -0.3 is 15.5 Å². The highest BCUT2D eigenvalue weighted by molar-refractivity contribution is 6.07. The van der Waals surface area contributed by atoms with Gasteiger partial charge >= 0.3 is 6.03 Å². The first-order chi connectivity index (χ1) is 15.8. The quantitative estimate of drug-likeness (QED) is 0.539. The Labute approximate surface area is 191 Å². The van der Waals surface area contributed by atoms with Gasteiger partial charge in [-0.05, 0) is 60.9 Å². The smallest absolute Gasteiger partial charge is 0.322 e. The molecular formula is C26H27N3O4. The molecule has 2 aromatic carbocycles. The summed E-state index contributed by atoms with van der Waals surface area (Å²) in [6, 6.07) is 15.4. The van der Waals surface area contributed by atoms with Gasteiger partial charge in [-0.3, -0.25) is 15.0 Å². The van der Waals surface area contributed by atoms with Crippen LogP contribution in [-0.4, -0.2) is 57.3 Å². The second-order valence-corrected chi connectivity index (χ2v) is 10.8. The Morgan fingerprint density at radius 3 is 2.61 bits per heavy atom. The number of urea groups is 1. The number of hydrogen-bond donors (Lipinski definition) is 4. The zero-order valence-electron chi connectivity index (χ0n) is 18.3. The van der Waals surface area contributed by atoms with Gasteiger partial charge in [0, 0.05) is 23.9 Å².